The van der Waals surface area contributed by atoms with Crippen molar-refractivity contribution in [1.82, 2.24) is 9.88 Å². The Hall–Kier alpha value is -2.15. The van der Waals surface area contributed by atoms with Crippen LogP contribution in [0.1, 0.15) is 40.9 Å². The number of likely N-dealkylation sites (tertiary alicyclic amines) is 1. The Morgan fingerprint density at radius 3 is 2.75 bits per heavy atom. The molecule has 1 N–H and O–H groups in total. The molecule has 0 aliphatic carbocycles. The number of aromatic nitrogens is 1. The Morgan fingerprint density at radius 1 is 1.38 bits per heavy atom. The molecule has 6 nitrogen and oxygen atoms in total. The summed E-state index contributed by atoms with van der Waals surface area (Å²) in [6.07, 6.45) is 1.31. The fourth-order valence-electron chi connectivity index (χ4n) is 3.14. The molecule has 0 saturated carbocycles. The van der Waals surface area contributed by atoms with Gasteiger partial charge >= 0.3 is 5.97 Å². The average molecular weight is 348 g/mol. The number of carbonyl (C=O) groups is 2. The average Bonchev–Trinajstić information content (AvgIpc) is 3.12. The van der Waals surface area contributed by atoms with E-state index in [2.05, 4.69) is 4.98 Å². The Labute approximate surface area is 144 Å². The van der Waals surface area contributed by atoms with E-state index in [1.54, 1.807) is 11.8 Å². The minimum atomic E-state index is -0.840. The highest BCUT2D eigenvalue weighted by Gasteiger charge is 2.36. The van der Waals surface area contributed by atoms with Gasteiger partial charge in [0.2, 0.25) is 0 Å². The lowest BCUT2D eigenvalue weighted by atomic mass is 9.90. The third-order valence-corrected chi connectivity index (χ3v) is 5.67. The highest BCUT2D eigenvalue weighted by Crippen LogP contribution is 2.32. The minimum Gasteiger partial charge on any atom is -0.481 e. The quantitative estimate of drug-likeness (QED) is 0.919. The molecular weight excluding hydrogens is 328 g/mol. The van der Waals surface area contributed by atoms with Crippen molar-refractivity contribution in [1.29, 1.82) is 0 Å². The second-order valence-electron chi connectivity index (χ2n) is 6.17. The molecule has 0 radical (unpaired) electrons. The SMILES string of the molecule is Cc1ccc(-c2nc(C)c(C(=O)N3CCC[C@@H](C(=O)O)[C@H]3C)s2)o1. The van der Waals surface area contributed by atoms with E-state index in [4.69, 9.17) is 4.42 Å². The molecule has 2 aromatic heterocycles. The summed E-state index contributed by atoms with van der Waals surface area (Å²) in [7, 11) is 0. The summed E-state index contributed by atoms with van der Waals surface area (Å²) in [4.78, 5) is 31.0. The molecule has 128 valence electrons. The van der Waals surface area contributed by atoms with E-state index in [9.17, 15) is 14.7 Å². The van der Waals surface area contributed by atoms with Crippen molar-refractivity contribution in [2.24, 2.45) is 5.92 Å². The molecule has 1 fully saturated rings. The Bertz CT molecular complexity index is 779. The molecule has 0 spiro atoms. The van der Waals surface area contributed by atoms with Gasteiger partial charge in [0.05, 0.1) is 11.6 Å². The smallest absolute Gasteiger partial charge is 0.308 e. The molecule has 1 aliphatic heterocycles. The van der Waals surface area contributed by atoms with Crippen LogP contribution in [-0.2, 0) is 4.79 Å². The Kier molecular flexibility index (Phi) is 4.45. The summed E-state index contributed by atoms with van der Waals surface area (Å²) < 4.78 is 5.58. The molecule has 0 bridgehead atoms. The largest absolute Gasteiger partial charge is 0.481 e. The number of nitrogens with zero attached hydrogens (tertiary/aromatic N) is 2. The molecule has 2 atom stereocenters. The van der Waals surface area contributed by atoms with Crippen molar-refractivity contribution in [2.45, 2.75) is 39.7 Å². The van der Waals surface area contributed by atoms with Crippen molar-refractivity contribution in [3.05, 3.63) is 28.5 Å². The van der Waals surface area contributed by atoms with Crippen LogP contribution in [0.5, 0.6) is 0 Å². The van der Waals surface area contributed by atoms with Gasteiger partial charge in [-0.05, 0) is 45.7 Å². The van der Waals surface area contributed by atoms with Gasteiger partial charge in [-0.3, -0.25) is 9.59 Å². The third kappa shape index (κ3) is 2.96. The van der Waals surface area contributed by atoms with Crippen molar-refractivity contribution in [2.75, 3.05) is 6.54 Å². The number of aryl methyl sites for hydroxylation is 2. The standard InChI is InChI=1S/C17H20N2O4S/c1-9-6-7-13(23-9)15-18-10(2)14(24-15)16(20)19-8-4-5-12(11(19)3)17(21)22/h6-7,11-12H,4-5,8H2,1-3H3,(H,21,22)/t11-,12-/m1/s1. The van der Waals surface area contributed by atoms with Gasteiger partial charge < -0.3 is 14.4 Å². The van der Waals surface area contributed by atoms with Crippen LogP contribution in [0.15, 0.2) is 16.5 Å². The summed E-state index contributed by atoms with van der Waals surface area (Å²) in [6, 6.07) is 3.38. The maximum absolute atomic E-state index is 12.9. The van der Waals surface area contributed by atoms with Crippen LogP contribution < -0.4 is 0 Å². The molecule has 0 unspecified atom stereocenters. The van der Waals surface area contributed by atoms with Gasteiger partial charge in [-0.15, -0.1) is 11.3 Å². The Balaban J connectivity index is 1.87. The van der Waals surface area contributed by atoms with Crippen LogP contribution >= 0.6 is 11.3 Å². The fourth-order valence-corrected chi connectivity index (χ4v) is 4.12. The third-order valence-electron chi connectivity index (χ3n) is 4.51. The molecule has 3 heterocycles. The van der Waals surface area contributed by atoms with Gasteiger partial charge in [-0.1, -0.05) is 0 Å². The molecule has 1 aliphatic rings. The Morgan fingerprint density at radius 2 is 2.12 bits per heavy atom. The normalized spacial score (nSPS) is 21.0. The molecule has 1 amide bonds. The number of carboxylic acids is 1. The van der Waals surface area contributed by atoms with Crippen molar-refractivity contribution in [3.8, 4) is 10.8 Å². The lowest BCUT2D eigenvalue weighted by molar-refractivity contribution is -0.144. The summed E-state index contributed by atoms with van der Waals surface area (Å²) >= 11 is 1.30. The number of carboxylic acid groups (broad SMARTS) is 1. The van der Waals surface area contributed by atoms with Gasteiger partial charge in [0, 0.05) is 12.6 Å². The first kappa shape index (κ1) is 16.7. The van der Waals surface area contributed by atoms with E-state index >= 15 is 0 Å². The first-order valence-corrected chi connectivity index (χ1v) is 8.78. The zero-order valence-electron chi connectivity index (χ0n) is 13.9. The first-order chi connectivity index (χ1) is 11.4. The highest BCUT2D eigenvalue weighted by molar-refractivity contribution is 7.17. The molecular formula is C17H20N2O4S. The second-order valence-corrected chi connectivity index (χ2v) is 7.17. The number of piperidine rings is 1. The summed E-state index contributed by atoms with van der Waals surface area (Å²) in [5.41, 5.74) is 0.652. The van der Waals surface area contributed by atoms with E-state index in [0.717, 1.165) is 5.76 Å². The van der Waals surface area contributed by atoms with Gasteiger partial charge in [0.25, 0.3) is 5.91 Å². The van der Waals surface area contributed by atoms with E-state index in [0.29, 0.717) is 40.7 Å². The second kappa shape index (κ2) is 6.39. The number of hydrogen-bond acceptors (Lipinski definition) is 5. The van der Waals surface area contributed by atoms with Crippen molar-refractivity contribution < 1.29 is 19.1 Å². The molecule has 24 heavy (non-hydrogen) atoms. The van der Waals surface area contributed by atoms with Gasteiger partial charge in [0.15, 0.2) is 10.8 Å². The monoisotopic (exact) mass is 348 g/mol. The number of hydrogen-bond donors (Lipinski definition) is 1. The van der Waals surface area contributed by atoms with Crippen LogP contribution in [0.25, 0.3) is 10.8 Å². The summed E-state index contributed by atoms with van der Waals surface area (Å²) in [6.45, 7) is 6.04. The van der Waals surface area contributed by atoms with Crippen molar-refractivity contribution >= 4 is 23.2 Å². The predicted octanol–water partition coefficient (Wildman–Crippen LogP) is 3.35. The molecule has 1 saturated heterocycles. The number of amides is 1. The number of thiazole rings is 1. The van der Waals surface area contributed by atoms with E-state index in [1.807, 2.05) is 26.0 Å². The first-order valence-electron chi connectivity index (χ1n) is 7.96. The van der Waals surface area contributed by atoms with Crippen LogP contribution in [0.4, 0.5) is 0 Å². The van der Waals surface area contributed by atoms with Crippen LogP contribution in [0.3, 0.4) is 0 Å². The van der Waals surface area contributed by atoms with E-state index in [1.165, 1.54) is 11.3 Å². The van der Waals surface area contributed by atoms with Crippen LogP contribution in [0, 0.1) is 19.8 Å². The van der Waals surface area contributed by atoms with Gasteiger partial charge in [0.1, 0.15) is 10.6 Å². The molecule has 7 heteroatoms. The van der Waals surface area contributed by atoms with Gasteiger partial charge in [-0.25, -0.2) is 4.98 Å². The predicted molar refractivity (Wildman–Crippen MR) is 90.1 cm³/mol. The number of aliphatic carboxylic acids is 1. The number of carbonyl (C=O) groups excluding carboxylic acids is 1. The van der Waals surface area contributed by atoms with E-state index < -0.39 is 11.9 Å². The number of furan rings is 1. The lowest BCUT2D eigenvalue weighted by Gasteiger charge is -2.37. The zero-order valence-corrected chi connectivity index (χ0v) is 14.7. The van der Waals surface area contributed by atoms with E-state index in [-0.39, 0.29) is 11.9 Å². The van der Waals surface area contributed by atoms with Gasteiger partial charge in [-0.2, -0.15) is 0 Å². The molecule has 2 aromatic rings. The zero-order chi connectivity index (χ0) is 17.4. The molecule has 3 rings (SSSR count). The fraction of sp³-hybridized carbons (Fsp3) is 0.471. The highest BCUT2D eigenvalue weighted by atomic mass is 32.1. The topological polar surface area (TPSA) is 83.6 Å². The summed E-state index contributed by atoms with van der Waals surface area (Å²) in [5, 5.41) is 10.00. The minimum absolute atomic E-state index is 0.141. The summed E-state index contributed by atoms with van der Waals surface area (Å²) in [5.74, 6) is -0.0525. The van der Waals surface area contributed by atoms with Crippen LogP contribution in [-0.4, -0.2) is 39.5 Å². The number of rotatable bonds is 3. The van der Waals surface area contributed by atoms with Crippen LogP contribution in [0.2, 0.25) is 0 Å². The lowest BCUT2D eigenvalue weighted by Crippen LogP contribution is -2.49. The van der Waals surface area contributed by atoms with Crippen molar-refractivity contribution in [3.63, 3.8) is 0 Å². The maximum Gasteiger partial charge on any atom is 0.308 e. The maximum atomic E-state index is 12.9. The molecule has 0 aromatic carbocycles.